The summed E-state index contributed by atoms with van der Waals surface area (Å²) in [6.07, 6.45) is 1.34. The molecule has 0 aliphatic heterocycles. The number of aromatic carboxylic acids is 1. The number of benzene rings is 1. The molecule has 0 unspecified atom stereocenters. The Morgan fingerprint density at radius 1 is 1.46 bits per heavy atom. The predicted octanol–water partition coefficient (Wildman–Crippen LogP) is 2.11. The molecule has 0 atom stereocenters. The quantitative estimate of drug-likeness (QED) is 0.637. The van der Waals surface area contributed by atoms with Crippen LogP contribution in [-0.4, -0.2) is 17.2 Å². The Hall–Kier alpha value is -1.45. The third-order valence-electron chi connectivity index (χ3n) is 1.30. The van der Waals surface area contributed by atoms with Gasteiger partial charge in [0.15, 0.2) is 0 Å². The number of hydrogen-bond acceptors (Lipinski definition) is 3. The van der Waals surface area contributed by atoms with Crippen LogP contribution in [0.2, 0.25) is 0 Å². The van der Waals surface area contributed by atoms with Gasteiger partial charge in [0.25, 0.3) is 0 Å². The van der Waals surface area contributed by atoms with E-state index in [-0.39, 0.29) is 11.3 Å². The molecule has 1 aromatic rings. The minimum Gasteiger partial charge on any atom is -0.478 e. The summed E-state index contributed by atoms with van der Waals surface area (Å²) in [6, 6.07) is 4.24. The van der Waals surface area contributed by atoms with Gasteiger partial charge in [0.05, 0.1) is 11.3 Å². The fourth-order valence-corrected chi connectivity index (χ4v) is 1.30. The SMILES string of the molecule is O=C=Nc1cc(Br)cc(C(=O)O)c1. The van der Waals surface area contributed by atoms with Gasteiger partial charge in [0.2, 0.25) is 6.08 Å². The molecule has 0 spiro atoms. The van der Waals surface area contributed by atoms with Crippen LogP contribution in [0, 0.1) is 0 Å². The number of isocyanates is 1. The lowest BCUT2D eigenvalue weighted by molar-refractivity contribution is 0.0697. The van der Waals surface area contributed by atoms with Crippen LogP contribution < -0.4 is 0 Å². The summed E-state index contributed by atoms with van der Waals surface area (Å²) in [7, 11) is 0. The van der Waals surface area contributed by atoms with Crippen LogP contribution in [-0.2, 0) is 4.79 Å². The van der Waals surface area contributed by atoms with Crippen molar-refractivity contribution in [2.45, 2.75) is 0 Å². The molecule has 13 heavy (non-hydrogen) atoms. The Kier molecular flexibility index (Phi) is 2.95. The zero-order chi connectivity index (χ0) is 9.84. The van der Waals surface area contributed by atoms with Crippen LogP contribution in [0.4, 0.5) is 5.69 Å². The number of carboxylic acids is 1. The zero-order valence-corrected chi connectivity index (χ0v) is 7.91. The molecule has 1 rings (SSSR count). The van der Waals surface area contributed by atoms with Gasteiger partial charge in [-0.25, -0.2) is 9.59 Å². The maximum absolute atomic E-state index is 10.5. The zero-order valence-electron chi connectivity index (χ0n) is 6.32. The van der Waals surface area contributed by atoms with Gasteiger partial charge in [-0.05, 0) is 18.2 Å². The summed E-state index contributed by atoms with van der Waals surface area (Å²) in [5.41, 5.74) is 0.338. The van der Waals surface area contributed by atoms with E-state index >= 15 is 0 Å². The second kappa shape index (κ2) is 3.98. The molecule has 66 valence electrons. The normalized spacial score (nSPS) is 9.00. The summed E-state index contributed by atoms with van der Waals surface area (Å²) in [5.74, 6) is -1.07. The van der Waals surface area contributed by atoms with E-state index in [2.05, 4.69) is 20.9 Å². The van der Waals surface area contributed by atoms with Crippen molar-refractivity contribution in [3.8, 4) is 0 Å². The fraction of sp³-hybridized carbons (Fsp3) is 0. The Bertz CT molecular complexity index is 376. The number of carbonyl (C=O) groups excluding carboxylic acids is 1. The predicted molar refractivity (Wildman–Crippen MR) is 48.9 cm³/mol. The van der Waals surface area contributed by atoms with Gasteiger partial charge in [0, 0.05) is 4.47 Å². The van der Waals surface area contributed by atoms with Gasteiger partial charge in [-0.3, -0.25) is 0 Å². The van der Waals surface area contributed by atoms with Crippen molar-refractivity contribution in [2.24, 2.45) is 4.99 Å². The Morgan fingerprint density at radius 2 is 2.15 bits per heavy atom. The number of aliphatic imine (C=N–C) groups is 1. The molecule has 0 saturated heterocycles. The molecule has 0 aliphatic carbocycles. The molecule has 4 nitrogen and oxygen atoms in total. The highest BCUT2D eigenvalue weighted by atomic mass is 79.9. The van der Waals surface area contributed by atoms with E-state index in [9.17, 15) is 9.59 Å². The van der Waals surface area contributed by atoms with Gasteiger partial charge in [-0.2, -0.15) is 4.99 Å². The fourth-order valence-electron chi connectivity index (χ4n) is 0.815. The summed E-state index contributed by atoms with van der Waals surface area (Å²) in [4.78, 5) is 23.8. The van der Waals surface area contributed by atoms with Crippen molar-refractivity contribution in [3.05, 3.63) is 28.2 Å². The topological polar surface area (TPSA) is 66.7 Å². The smallest absolute Gasteiger partial charge is 0.335 e. The molecular weight excluding hydrogens is 238 g/mol. The Morgan fingerprint density at radius 3 is 2.69 bits per heavy atom. The summed E-state index contributed by atoms with van der Waals surface area (Å²) >= 11 is 3.10. The van der Waals surface area contributed by atoms with Crippen molar-refractivity contribution in [3.63, 3.8) is 0 Å². The molecule has 0 aliphatic rings. The Labute approximate surface area is 82.0 Å². The molecule has 0 saturated carbocycles. The summed E-state index contributed by atoms with van der Waals surface area (Å²) in [6.45, 7) is 0. The minimum absolute atomic E-state index is 0.0726. The second-order valence-electron chi connectivity index (χ2n) is 2.21. The van der Waals surface area contributed by atoms with Gasteiger partial charge >= 0.3 is 5.97 Å². The highest BCUT2D eigenvalue weighted by molar-refractivity contribution is 9.10. The van der Waals surface area contributed by atoms with Crippen LogP contribution in [0.25, 0.3) is 0 Å². The van der Waals surface area contributed by atoms with E-state index in [1.54, 1.807) is 0 Å². The summed E-state index contributed by atoms with van der Waals surface area (Å²) < 4.78 is 0.557. The largest absolute Gasteiger partial charge is 0.478 e. The first-order valence-corrected chi connectivity index (χ1v) is 4.04. The molecular formula is C8H4BrNO3. The number of nitrogens with zero attached hydrogens (tertiary/aromatic N) is 1. The van der Waals surface area contributed by atoms with E-state index in [0.717, 1.165) is 0 Å². The monoisotopic (exact) mass is 241 g/mol. The third-order valence-corrected chi connectivity index (χ3v) is 1.76. The van der Waals surface area contributed by atoms with Crippen LogP contribution in [0.5, 0.6) is 0 Å². The van der Waals surface area contributed by atoms with Gasteiger partial charge in [-0.1, -0.05) is 15.9 Å². The molecule has 0 heterocycles. The maximum atomic E-state index is 10.5. The van der Waals surface area contributed by atoms with Gasteiger partial charge < -0.3 is 5.11 Å². The van der Waals surface area contributed by atoms with E-state index in [1.807, 2.05) is 0 Å². The average Bonchev–Trinajstić information content (AvgIpc) is 2.03. The van der Waals surface area contributed by atoms with Gasteiger partial charge in [0.1, 0.15) is 0 Å². The van der Waals surface area contributed by atoms with E-state index in [0.29, 0.717) is 4.47 Å². The van der Waals surface area contributed by atoms with Gasteiger partial charge in [-0.15, -0.1) is 0 Å². The van der Waals surface area contributed by atoms with Crippen LogP contribution in [0.15, 0.2) is 27.7 Å². The van der Waals surface area contributed by atoms with Crippen molar-refractivity contribution in [2.75, 3.05) is 0 Å². The van der Waals surface area contributed by atoms with Crippen molar-refractivity contribution in [1.82, 2.24) is 0 Å². The average molecular weight is 242 g/mol. The lowest BCUT2D eigenvalue weighted by Crippen LogP contribution is -1.95. The number of rotatable bonds is 2. The van der Waals surface area contributed by atoms with Crippen LogP contribution in [0.3, 0.4) is 0 Å². The number of carbonyl (C=O) groups is 1. The van der Waals surface area contributed by atoms with E-state index in [1.165, 1.54) is 24.3 Å². The molecule has 0 amide bonds. The van der Waals surface area contributed by atoms with Crippen molar-refractivity contribution < 1.29 is 14.7 Å². The molecule has 1 N–H and O–H groups in total. The lowest BCUT2D eigenvalue weighted by Gasteiger charge is -1.96. The first-order valence-electron chi connectivity index (χ1n) is 3.25. The number of halogens is 1. The molecule has 5 heteroatoms. The van der Waals surface area contributed by atoms with E-state index in [4.69, 9.17) is 5.11 Å². The first-order chi connectivity index (χ1) is 6.13. The highest BCUT2D eigenvalue weighted by Gasteiger charge is 2.04. The van der Waals surface area contributed by atoms with Crippen molar-refractivity contribution in [1.29, 1.82) is 0 Å². The number of carboxylic acid groups (broad SMARTS) is 1. The number of hydrogen-bond donors (Lipinski definition) is 1. The highest BCUT2D eigenvalue weighted by Crippen LogP contribution is 2.21. The second-order valence-corrected chi connectivity index (χ2v) is 3.12. The lowest BCUT2D eigenvalue weighted by atomic mass is 10.2. The molecule has 1 aromatic carbocycles. The first kappa shape index (κ1) is 9.64. The maximum Gasteiger partial charge on any atom is 0.335 e. The molecule has 0 aromatic heterocycles. The molecule has 0 radical (unpaired) electrons. The summed E-state index contributed by atoms with van der Waals surface area (Å²) in [5, 5.41) is 8.64. The standard InChI is InChI=1S/C8H4BrNO3/c9-6-1-5(8(12)13)2-7(3-6)10-4-11/h1-3H,(H,12,13). The van der Waals surface area contributed by atoms with Crippen LogP contribution in [0.1, 0.15) is 10.4 Å². The molecule has 0 bridgehead atoms. The van der Waals surface area contributed by atoms with Crippen LogP contribution >= 0.6 is 15.9 Å². The Balaban J connectivity index is 3.26. The van der Waals surface area contributed by atoms with Crippen molar-refractivity contribution >= 4 is 33.7 Å². The minimum atomic E-state index is -1.07. The third kappa shape index (κ3) is 2.50. The van der Waals surface area contributed by atoms with E-state index < -0.39 is 5.97 Å². The molecule has 0 fully saturated rings.